The molecule has 0 atom stereocenters. The van der Waals surface area contributed by atoms with Crippen LogP contribution in [0.4, 0.5) is 4.39 Å². The Bertz CT molecular complexity index is 667. The lowest BCUT2D eigenvalue weighted by Gasteiger charge is -2.13. The van der Waals surface area contributed by atoms with Gasteiger partial charge in [-0.15, -0.1) is 0 Å². The van der Waals surface area contributed by atoms with E-state index in [4.69, 9.17) is 11.6 Å². The Hall–Kier alpha value is -0.520. The first-order chi connectivity index (χ1) is 10.0. The van der Waals surface area contributed by atoms with Crippen molar-refractivity contribution in [2.24, 2.45) is 0 Å². The number of nitrogens with zero attached hydrogens (tertiary/aromatic N) is 2. The van der Waals surface area contributed by atoms with Crippen LogP contribution in [0.2, 0.25) is 5.15 Å². The second-order valence-corrected chi connectivity index (χ2v) is 7.24. The average molecular weight is 435 g/mol. The van der Waals surface area contributed by atoms with Gasteiger partial charge in [-0.2, -0.15) is 0 Å². The minimum atomic E-state index is -0.329. The van der Waals surface area contributed by atoms with E-state index < -0.39 is 0 Å². The quantitative estimate of drug-likeness (QED) is 0.532. The van der Waals surface area contributed by atoms with Crippen LogP contribution in [-0.2, 0) is 0 Å². The van der Waals surface area contributed by atoms with Gasteiger partial charge in [0.15, 0.2) is 5.82 Å². The van der Waals surface area contributed by atoms with Crippen LogP contribution in [0.1, 0.15) is 37.3 Å². The number of benzene rings is 1. The molecule has 0 unspecified atom stereocenters. The molecule has 0 N–H and O–H groups in total. The van der Waals surface area contributed by atoms with Crippen molar-refractivity contribution in [3.63, 3.8) is 0 Å². The highest BCUT2D eigenvalue weighted by Crippen LogP contribution is 2.39. The van der Waals surface area contributed by atoms with Crippen molar-refractivity contribution in [1.29, 1.82) is 0 Å². The molecule has 2 aromatic rings. The molecule has 1 heterocycles. The van der Waals surface area contributed by atoms with Crippen LogP contribution < -0.4 is 0 Å². The molecule has 1 aliphatic carbocycles. The molecule has 0 bridgehead atoms. The van der Waals surface area contributed by atoms with E-state index in [2.05, 4.69) is 41.8 Å². The fourth-order valence-corrected chi connectivity index (χ4v) is 3.86. The number of hydrogen-bond donors (Lipinski definition) is 0. The van der Waals surface area contributed by atoms with E-state index in [-0.39, 0.29) is 5.82 Å². The van der Waals surface area contributed by atoms with E-state index in [9.17, 15) is 4.39 Å². The third-order valence-electron chi connectivity index (χ3n) is 3.70. The highest BCUT2D eigenvalue weighted by molar-refractivity contribution is 9.10. The lowest BCUT2D eigenvalue weighted by molar-refractivity contribution is 0.627. The minimum absolute atomic E-state index is 0.329. The van der Waals surface area contributed by atoms with Gasteiger partial charge in [-0.25, -0.2) is 14.4 Å². The highest BCUT2D eigenvalue weighted by atomic mass is 79.9. The van der Waals surface area contributed by atoms with Crippen LogP contribution in [0, 0.1) is 5.82 Å². The largest absolute Gasteiger partial charge is 0.231 e. The molecule has 110 valence electrons. The molecule has 0 spiro atoms. The second kappa shape index (κ2) is 6.31. The van der Waals surface area contributed by atoms with Crippen molar-refractivity contribution in [2.75, 3.05) is 0 Å². The van der Waals surface area contributed by atoms with Gasteiger partial charge in [-0.3, -0.25) is 0 Å². The SMILES string of the molecule is Fc1cc(Br)cc(-c2nc(Cl)c(Br)c(C3CCCC3)n2)c1. The van der Waals surface area contributed by atoms with Gasteiger partial charge in [0.05, 0.1) is 10.2 Å². The first kappa shape index (κ1) is 15.4. The normalized spacial score (nSPS) is 15.6. The third-order valence-corrected chi connectivity index (χ3v) is 5.44. The van der Waals surface area contributed by atoms with Crippen molar-refractivity contribution in [1.82, 2.24) is 9.97 Å². The molecule has 0 aliphatic heterocycles. The van der Waals surface area contributed by atoms with E-state index in [1.807, 2.05) is 0 Å². The summed E-state index contributed by atoms with van der Waals surface area (Å²) in [4.78, 5) is 8.91. The Balaban J connectivity index is 2.10. The fourth-order valence-electron chi connectivity index (χ4n) is 2.72. The van der Waals surface area contributed by atoms with E-state index >= 15 is 0 Å². The minimum Gasteiger partial charge on any atom is -0.231 e. The van der Waals surface area contributed by atoms with Gasteiger partial charge in [-0.05, 0) is 47.0 Å². The molecule has 1 aromatic heterocycles. The Morgan fingerprint density at radius 1 is 1.10 bits per heavy atom. The predicted octanol–water partition coefficient (Wildman–Crippen LogP) is 6.12. The smallest absolute Gasteiger partial charge is 0.161 e. The molecule has 1 aromatic carbocycles. The van der Waals surface area contributed by atoms with E-state index in [1.165, 1.54) is 25.0 Å². The van der Waals surface area contributed by atoms with E-state index in [1.54, 1.807) is 6.07 Å². The van der Waals surface area contributed by atoms with Crippen LogP contribution in [0.15, 0.2) is 27.1 Å². The van der Waals surface area contributed by atoms with Crippen LogP contribution in [0.25, 0.3) is 11.4 Å². The second-order valence-electron chi connectivity index (χ2n) is 5.18. The lowest BCUT2D eigenvalue weighted by atomic mass is 10.0. The fraction of sp³-hybridized carbons (Fsp3) is 0.333. The van der Waals surface area contributed by atoms with Crippen LogP contribution in [0.5, 0.6) is 0 Å². The monoisotopic (exact) mass is 432 g/mol. The number of aromatic nitrogens is 2. The summed E-state index contributed by atoms with van der Waals surface area (Å²) < 4.78 is 15.0. The van der Waals surface area contributed by atoms with Gasteiger partial charge in [0.2, 0.25) is 0 Å². The maximum Gasteiger partial charge on any atom is 0.161 e. The maximum absolute atomic E-state index is 13.6. The van der Waals surface area contributed by atoms with Crippen molar-refractivity contribution in [3.05, 3.63) is 43.8 Å². The molecule has 0 radical (unpaired) electrons. The molecule has 1 saturated carbocycles. The number of hydrogen-bond acceptors (Lipinski definition) is 2. The van der Waals surface area contributed by atoms with Crippen molar-refractivity contribution < 1.29 is 4.39 Å². The first-order valence-electron chi connectivity index (χ1n) is 6.74. The van der Waals surface area contributed by atoms with Gasteiger partial charge in [0.1, 0.15) is 11.0 Å². The summed E-state index contributed by atoms with van der Waals surface area (Å²) in [7, 11) is 0. The molecule has 6 heteroatoms. The maximum atomic E-state index is 13.6. The first-order valence-corrected chi connectivity index (χ1v) is 8.70. The Labute approximate surface area is 144 Å². The van der Waals surface area contributed by atoms with Crippen LogP contribution in [-0.4, -0.2) is 9.97 Å². The van der Waals surface area contributed by atoms with Crippen LogP contribution >= 0.6 is 43.5 Å². The van der Waals surface area contributed by atoms with Gasteiger partial charge < -0.3 is 0 Å². The molecule has 1 aliphatic rings. The van der Waals surface area contributed by atoms with E-state index in [0.29, 0.717) is 26.9 Å². The molecular formula is C15H12Br2ClFN2. The van der Waals surface area contributed by atoms with Crippen molar-refractivity contribution in [3.8, 4) is 11.4 Å². The zero-order valence-corrected chi connectivity index (χ0v) is 15.0. The molecule has 3 rings (SSSR count). The summed E-state index contributed by atoms with van der Waals surface area (Å²) in [6.45, 7) is 0. The summed E-state index contributed by atoms with van der Waals surface area (Å²) in [6.07, 6.45) is 4.63. The molecule has 2 nitrogen and oxygen atoms in total. The van der Waals surface area contributed by atoms with Gasteiger partial charge >= 0.3 is 0 Å². The lowest BCUT2D eigenvalue weighted by Crippen LogP contribution is -2.03. The summed E-state index contributed by atoms with van der Waals surface area (Å²) in [5.74, 6) is 0.533. The third kappa shape index (κ3) is 3.30. The average Bonchev–Trinajstić information content (AvgIpc) is 2.94. The summed E-state index contributed by atoms with van der Waals surface area (Å²) in [6, 6.07) is 4.62. The Morgan fingerprint density at radius 3 is 2.48 bits per heavy atom. The number of rotatable bonds is 2. The van der Waals surface area contributed by atoms with E-state index in [0.717, 1.165) is 23.0 Å². The summed E-state index contributed by atoms with van der Waals surface area (Å²) in [5.41, 5.74) is 1.55. The van der Waals surface area contributed by atoms with Crippen LogP contribution in [0.3, 0.4) is 0 Å². The molecule has 21 heavy (non-hydrogen) atoms. The van der Waals surface area contributed by atoms with Gasteiger partial charge in [-0.1, -0.05) is 40.4 Å². The highest BCUT2D eigenvalue weighted by Gasteiger charge is 2.24. The molecule has 0 saturated heterocycles. The van der Waals surface area contributed by atoms with Gasteiger partial charge in [0.25, 0.3) is 0 Å². The summed E-state index contributed by atoms with van der Waals surface area (Å²) >= 11 is 13.0. The molecular weight excluding hydrogens is 422 g/mol. The van der Waals surface area contributed by atoms with Crippen molar-refractivity contribution >= 4 is 43.5 Å². The predicted molar refractivity (Wildman–Crippen MR) is 89.0 cm³/mol. The zero-order valence-electron chi connectivity index (χ0n) is 11.0. The zero-order chi connectivity index (χ0) is 15.0. The number of halogens is 4. The molecule has 1 fully saturated rings. The summed E-state index contributed by atoms with van der Waals surface area (Å²) in [5, 5.41) is 0.377. The Morgan fingerprint density at radius 2 is 1.81 bits per heavy atom. The standard InChI is InChI=1S/C15H12Br2ClFN2/c16-10-5-9(6-11(19)7-10)15-20-13(8-3-1-2-4-8)12(17)14(18)21-15/h5-8H,1-4H2. The van der Waals surface area contributed by atoms with Crippen molar-refractivity contribution in [2.45, 2.75) is 31.6 Å². The van der Waals surface area contributed by atoms with Gasteiger partial charge in [0, 0.05) is 16.0 Å². The Kier molecular flexibility index (Phi) is 4.62. The molecule has 0 amide bonds. The topological polar surface area (TPSA) is 25.8 Å².